The summed E-state index contributed by atoms with van der Waals surface area (Å²) in [5.41, 5.74) is 0.744. The third-order valence-electron chi connectivity index (χ3n) is 2.30. The minimum atomic E-state index is -0.228. The summed E-state index contributed by atoms with van der Waals surface area (Å²) in [6, 6.07) is 0. The Morgan fingerprint density at radius 1 is 1.69 bits per heavy atom. The molecule has 1 rings (SSSR count). The molecule has 0 bridgehead atoms. The van der Waals surface area contributed by atoms with E-state index in [1.807, 2.05) is 13.0 Å². The Morgan fingerprint density at radius 3 is 2.92 bits per heavy atom. The Bertz CT molecular complexity index is 220. The van der Waals surface area contributed by atoms with Gasteiger partial charge in [0.1, 0.15) is 0 Å². The normalized spacial score (nSPS) is 27.2. The molecule has 3 heteroatoms. The van der Waals surface area contributed by atoms with Crippen molar-refractivity contribution in [1.29, 1.82) is 0 Å². The van der Waals surface area contributed by atoms with Gasteiger partial charge in [0.25, 0.3) is 0 Å². The highest BCUT2D eigenvalue weighted by molar-refractivity contribution is 5.89. The molecular weight excluding hydrogens is 168 g/mol. The quantitative estimate of drug-likeness (QED) is 0.624. The fourth-order valence-corrected chi connectivity index (χ4v) is 1.60. The van der Waals surface area contributed by atoms with Crippen LogP contribution in [0.2, 0.25) is 0 Å². The second kappa shape index (κ2) is 4.42. The van der Waals surface area contributed by atoms with Crippen LogP contribution in [0, 0.1) is 5.92 Å². The molecule has 0 aromatic rings. The Labute approximate surface area is 78.7 Å². The molecule has 0 N–H and O–H groups in total. The first-order valence-corrected chi connectivity index (χ1v) is 4.59. The summed E-state index contributed by atoms with van der Waals surface area (Å²) in [5, 5.41) is 0. The lowest BCUT2D eigenvalue weighted by molar-refractivity contribution is -0.136. The van der Waals surface area contributed by atoms with Gasteiger partial charge >= 0.3 is 5.97 Å². The van der Waals surface area contributed by atoms with Gasteiger partial charge in [0, 0.05) is 24.5 Å². The van der Waals surface area contributed by atoms with Gasteiger partial charge in [-0.1, -0.05) is 13.0 Å². The van der Waals surface area contributed by atoms with Gasteiger partial charge in [-0.2, -0.15) is 0 Å². The van der Waals surface area contributed by atoms with E-state index < -0.39 is 0 Å². The first-order chi connectivity index (χ1) is 6.19. The third-order valence-corrected chi connectivity index (χ3v) is 2.30. The predicted molar refractivity (Wildman–Crippen MR) is 49.3 cm³/mol. The minimum Gasteiger partial charge on any atom is -0.466 e. The highest BCUT2D eigenvalue weighted by atomic mass is 16.5. The monoisotopic (exact) mass is 184 g/mol. The van der Waals surface area contributed by atoms with Crippen LogP contribution >= 0.6 is 0 Å². The standard InChI is InChI=1S/C10H16O3/c1-4-13-9-6-8(5-7(9)2)10(11)12-3/h5,7,9H,4,6H2,1-3H3/t7-,9-/m1/s1. The molecular formula is C10H16O3. The second-order valence-electron chi connectivity index (χ2n) is 3.24. The highest BCUT2D eigenvalue weighted by Crippen LogP contribution is 2.27. The molecule has 13 heavy (non-hydrogen) atoms. The van der Waals surface area contributed by atoms with Gasteiger partial charge < -0.3 is 9.47 Å². The van der Waals surface area contributed by atoms with Crippen molar-refractivity contribution in [1.82, 2.24) is 0 Å². The van der Waals surface area contributed by atoms with Crippen molar-refractivity contribution in [3.05, 3.63) is 11.6 Å². The van der Waals surface area contributed by atoms with Crippen molar-refractivity contribution < 1.29 is 14.3 Å². The molecule has 74 valence electrons. The lowest BCUT2D eigenvalue weighted by Gasteiger charge is -2.14. The van der Waals surface area contributed by atoms with Crippen molar-refractivity contribution in [3.63, 3.8) is 0 Å². The SMILES string of the molecule is CCO[C@@H]1CC(C(=O)OC)=C[C@H]1C. The van der Waals surface area contributed by atoms with Gasteiger partial charge in [-0.25, -0.2) is 4.79 Å². The maximum absolute atomic E-state index is 11.2. The summed E-state index contributed by atoms with van der Waals surface area (Å²) < 4.78 is 10.1. The molecule has 0 amide bonds. The molecule has 1 aliphatic carbocycles. The van der Waals surface area contributed by atoms with Crippen LogP contribution < -0.4 is 0 Å². The predicted octanol–water partition coefficient (Wildman–Crippen LogP) is 1.53. The summed E-state index contributed by atoms with van der Waals surface area (Å²) in [4.78, 5) is 11.2. The molecule has 0 aromatic carbocycles. The summed E-state index contributed by atoms with van der Waals surface area (Å²) in [6.45, 7) is 4.70. The van der Waals surface area contributed by atoms with E-state index in [2.05, 4.69) is 11.7 Å². The minimum absolute atomic E-state index is 0.152. The van der Waals surface area contributed by atoms with Crippen molar-refractivity contribution in [3.8, 4) is 0 Å². The fraction of sp³-hybridized carbons (Fsp3) is 0.700. The zero-order chi connectivity index (χ0) is 9.84. The highest BCUT2D eigenvalue weighted by Gasteiger charge is 2.28. The van der Waals surface area contributed by atoms with E-state index in [4.69, 9.17) is 4.74 Å². The second-order valence-corrected chi connectivity index (χ2v) is 3.24. The zero-order valence-corrected chi connectivity index (χ0v) is 8.37. The van der Waals surface area contributed by atoms with Crippen molar-refractivity contribution >= 4 is 5.97 Å². The van der Waals surface area contributed by atoms with Gasteiger partial charge in [0.15, 0.2) is 0 Å². The largest absolute Gasteiger partial charge is 0.466 e. The fourth-order valence-electron chi connectivity index (χ4n) is 1.60. The summed E-state index contributed by atoms with van der Waals surface area (Å²) in [7, 11) is 1.40. The number of hydrogen-bond donors (Lipinski definition) is 0. The summed E-state index contributed by atoms with van der Waals surface area (Å²) >= 11 is 0. The van der Waals surface area contributed by atoms with Crippen molar-refractivity contribution in [2.75, 3.05) is 13.7 Å². The number of carbonyl (C=O) groups excluding carboxylic acids is 1. The van der Waals surface area contributed by atoms with Gasteiger partial charge in [0.2, 0.25) is 0 Å². The number of methoxy groups -OCH3 is 1. The number of esters is 1. The van der Waals surface area contributed by atoms with E-state index >= 15 is 0 Å². The van der Waals surface area contributed by atoms with Crippen LogP contribution in [0.3, 0.4) is 0 Å². The molecule has 0 fully saturated rings. The lowest BCUT2D eigenvalue weighted by atomic mass is 10.1. The Kier molecular flexibility index (Phi) is 3.48. The molecule has 2 atom stereocenters. The van der Waals surface area contributed by atoms with Crippen LogP contribution in [0.1, 0.15) is 20.3 Å². The van der Waals surface area contributed by atoms with Gasteiger partial charge in [-0.05, 0) is 6.92 Å². The van der Waals surface area contributed by atoms with Crippen LogP contribution in [0.25, 0.3) is 0 Å². The van der Waals surface area contributed by atoms with E-state index in [-0.39, 0.29) is 12.1 Å². The van der Waals surface area contributed by atoms with Crippen molar-refractivity contribution in [2.24, 2.45) is 5.92 Å². The van der Waals surface area contributed by atoms with E-state index in [0.717, 1.165) is 5.57 Å². The number of ether oxygens (including phenoxy) is 2. The molecule has 0 aliphatic heterocycles. The third kappa shape index (κ3) is 2.31. The first-order valence-electron chi connectivity index (χ1n) is 4.59. The van der Waals surface area contributed by atoms with Gasteiger partial charge in [0.05, 0.1) is 13.2 Å². The molecule has 0 unspecified atom stereocenters. The first kappa shape index (κ1) is 10.3. The van der Waals surface area contributed by atoms with Gasteiger partial charge in [-0.15, -0.1) is 0 Å². The van der Waals surface area contributed by atoms with Crippen LogP contribution in [-0.4, -0.2) is 25.8 Å². The van der Waals surface area contributed by atoms with Crippen LogP contribution in [0.5, 0.6) is 0 Å². The van der Waals surface area contributed by atoms with E-state index in [0.29, 0.717) is 18.9 Å². The Morgan fingerprint density at radius 2 is 2.38 bits per heavy atom. The average Bonchev–Trinajstić information content (AvgIpc) is 2.47. The smallest absolute Gasteiger partial charge is 0.333 e. The molecule has 0 radical (unpaired) electrons. The maximum atomic E-state index is 11.2. The van der Waals surface area contributed by atoms with Crippen molar-refractivity contribution in [2.45, 2.75) is 26.4 Å². The van der Waals surface area contributed by atoms with Gasteiger partial charge in [-0.3, -0.25) is 0 Å². The average molecular weight is 184 g/mol. The number of rotatable bonds is 3. The molecule has 0 heterocycles. The Balaban J connectivity index is 2.54. The Hall–Kier alpha value is -0.830. The maximum Gasteiger partial charge on any atom is 0.333 e. The molecule has 0 spiro atoms. The lowest BCUT2D eigenvalue weighted by Crippen LogP contribution is -2.16. The summed E-state index contributed by atoms with van der Waals surface area (Å²) in [5.74, 6) is 0.0862. The molecule has 3 nitrogen and oxygen atoms in total. The van der Waals surface area contributed by atoms with E-state index in [1.165, 1.54) is 7.11 Å². The molecule has 0 saturated heterocycles. The van der Waals surface area contributed by atoms with Crippen LogP contribution in [0.4, 0.5) is 0 Å². The topological polar surface area (TPSA) is 35.5 Å². The number of hydrogen-bond acceptors (Lipinski definition) is 3. The molecule has 0 saturated carbocycles. The zero-order valence-electron chi connectivity index (χ0n) is 8.37. The number of carbonyl (C=O) groups is 1. The van der Waals surface area contributed by atoms with E-state index in [1.54, 1.807) is 0 Å². The van der Waals surface area contributed by atoms with Crippen LogP contribution in [-0.2, 0) is 14.3 Å². The summed E-state index contributed by atoms with van der Waals surface area (Å²) in [6.07, 6.45) is 2.77. The molecule has 0 aromatic heterocycles. The molecule has 1 aliphatic rings. The van der Waals surface area contributed by atoms with E-state index in [9.17, 15) is 4.79 Å². The van der Waals surface area contributed by atoms with Crippen LogP contribution in [0.15, 0.2) is 11.6 Å².